The van der Waals surface area contributed by atoms with Gasteiger partial charge in [0.25, 0.3) is 5.91 Å². The smallest absolute Gasteiger partial charge is 0.271 e. The van der Waals surface area contributed by atoms with Crippen LogP contribution in [0.1, 0.15) is 30.4 Å². The van der Waals surface area contributed by atoms with E-state index >= 15 is 0 Å². The molecule has 1 N–H and O–H groups in total. The molecule has 2 aliphatic rings. The Bertz CT molecular complexity index is 861. The highest BCUT2D eigenvalue weighted by Crippen LogP contribution is 2.22. The second-order valence-corrected chi connectivity index (χ2v) is 8.82. The number of carbonyl (C=O) groups is 2. The molecule has 1 atom stereocenters. The minimum atomic E-state index is -3.13. The fraction of sp³-hybridized carbons (Fsp3) is 0.471. The minimum Gasteiger partial charge on any atom is -0.321 e. The second-order valence-electron chi connectivity index (χ2n) is 6.60. The number of nitrogens with one attached hydrogen (secondary N) is 1. The summed E-state index contributed by atoms with van der Waals surface area (Å²) in [7, 11) is -3.13. The van der Waals surface area contributed by atoms with Gasteiger partial charge in [0.1, 0.15) is 5.71 Å². The Morgan fingerprint density at radius 3 is 2.64 bits per heavy atom. The van der Waals surface area contributed by atoms with E-state index in [4.69, 9.17) is 0 Å². The number of sulfone groups is 1. The van der Waals surface area contributed by atoms with Crippen molar-refractivity contribution in [3.05, 3.63) is 29.3 Å². The van der Waals surface area contributed by atoms with Crippen LogP contribution in [0.2, 0.25) is 0 Å². The van der Waals surface area contributed by atoms with E-state index in [1.807, 2.05) is 32.0 Å². The van der Waals surface area contributed by atoms with Crippen molar-refractivity contribution in [1.29, 1.82) is 0 Å². The van der Waals surface area contributed by atoms with Gasteiger partial charge in [-0.05, 0) is 43.5 Å². The first-order valence-corrected chi connectivity index (χ1v) is 10.1. The van der Waals surface area contributed by atoms with Gasteiger partial charge in [0.15, 0.2) is 9.84 Å². The Hall–Kier alpha value is -2.22. The predicted octanol–water partition coefficient (Wildman–Crippen LogP) is 1.41. The van der Waals surface area contributed by atoms with Crippen LogP contribution >= 0.6 is 0 Å². The van der Waals surface area contributed by atoms with Gasteiger partial charge in [0.05, 0.1) is 17.5 Å². The Balaban J connectivity index is 1.76. The van der Waals surface area contributed by atoms with E-state index in [-0.39, 0.29) is 41.9 Å². The fourth-order valence-electron chi connectivity index (χ4n) is 3.01. The first kappa shape index (κ1) is 17.6. The predicted molar refractivity (Wildman–Crippen MR) is 95.1 cm³/mol. The minimum absolute atomic E-state index is 0.0567. The lowest BCUT2D eigenvalue weighted by Crippen LogP contribution is -2.42. The molecule has 0 saturated carbocycles. The Morgan fingerprint density at radius 2 is 2.00 bits per heavy atom. The zero-order valence-corrected chi connectivity index (χ0v) is 15.1. The van der Waals surface area contributed by atoms with E-state index in [1.165, 1.54) is 5.01 Å². The summed E-state index contributed by atoms with van der Waals surface area (Å²) >= 11 is 0. The summed E-state index contributed by atoms with van der Waals surface area (Å²) in [5.41, 5.74) is 3.12. The molecule has 0 unspecified atom stereocenters. The van der Waals surface area contributed by atoms with Gasteiger partial charge >= 0.3 is 0 Å². The number of carbonyl (C=O) groups excluding carboxylic acids is 2. The summed E-state index contributed by atoms with van der Waals surface area (Å²) in [6, 6.07) is 5.15. The maximum atomic E-state index is 12.5. The fourth-order valence-corrected chi connectivity index (χ4v) is 4.70. The third-order valence-electron chi connectivity index (χ3n) is 4.64. The molecule has 1 saturated heterocycles. The maximum Gasteiger partial charge on any atom is 0.271 e. The van der Waals surface area contributed by atoms with Crippen LogP contribution in [0.4, 0.5) is 5.69 Å². The van der Waals surface area contributed by atoms with Crippen molar-refractivity contribution in [2.24, 2.45) is 5.10 Å². The van der Waals surface area contributed by atoms with Crippen molar-refractivity contribution in [3.8, 4) is 0 Å². The lowest BCUT2D eigenvalue weighted by Gasteiger charge is -2.27. The van der Waals surface area contributed by atoms with Gasteiger partial charge in [-0.1, -0.05) is 6.07 Å². The summed E-state index contributed by atoms with van der Waals surface area (Å²) in [5.74, 6) is -0.624. The molecule has 1 aromatic rings. The molecule has 8 heteroatoms. The molecule has 0 aromatic heterocycles. The number of amides is 2. The molecule has 2 amide bonds. The first-order chi connectivity index (χ1) is 11.7. The number of hydrogen-bond donors (Lipinski definition) is 1. The van der Waals surface area contributed by atoms with Gasteiger partial charge < -0.3 is 5.32 Å². The Labute approximate surface area is 147 Å². The topological polar surface area (TPSA) is 95.9 Å². The molecule has 2 heterocycles. The Morgan fingerprint density at radius 1 is 1.24 bits per heavy atom. The van der Waals surface area contributed by atoms with E-state index in [9.17, 15) is 18.0 Å². The van der Waals surface area contributed by atoms with Gasteiger partial charge in [0, 0.05) is 18.5 Å². The second kappa shape index (κ2) is 6.59. The average molecular weight is 363 g/mol. The summed E-state index contributed by atoms with van der Waals surface area (Å²) in [6.07, 6.45) is 0.783. The molecule has 0 radical (unpaired) electrons. The first-order valence-electron chi connectivity index (χ1n) is 8.24. The lowest BCUT2D eigenvalue weighted by atomic mass is 10.1. The number of hydrazone groups is 1. The van der Waals surface area contributed by atoms with Crippen LogP contribution in [0.3, 0.4) is 0 Å². The van der Waals surface area contributed by atoms with Crippen molar-refractivity contribution in [3.63, 3.8) is 0 Å². The monoisotopic (exact) mass is 363 g/mol. The highest BCUT2D eigenvalue weighted by atomic mass is 32.2. The van der Waals surface area contributed by atoms with Crippen molar-refractivity contribution in [1.82, 2.24) is 5.01 Å². The maximum absolute atomic E-state index is 12.5. The van der Waals surface area contributed by atoms with Crippen LogP contribution < -0.4 is 5.32 Å². The van der Waals surface area contributed by atoms with E-state index in [0.717, 1.165) is 11.1 Å². The number of aryl methyl sites for hydroxylation is 2. The molecular weight excluding hydrogens is 342 g/mol. The SMILES string of the molecule is Cc1ccc(NC(=O)C2=NN([C@H]3CCS(=O)(=O)C3)C(=O)CC2)cc1C. The molecule has 0 spiro atoms. The van der Waals surface area contributed by atoms with E-state index in [2.05, 4.69) is 10.4 Å². The molecule has 7 nitrogen and oxygen atoms in total. The molecule has 2 aliphatic heterocycles. The van der Waals surface area contributed by atoms with E-state index < -0.39 is 15.9 Å². The van der Waals surface area contributed by atoms with Crippen LogP contribution in [0, 0.1) is 13.8 Å². The molecule has 0 bridgehead atoms. The van der Waals surface area contributed by atoms with E-state index in [1.54, 1.807) is 0 Å². The summed E-state index contributed by atoms with van der Waals surface area (Å²) in [5, 5.41) is 8.16. The summed E-state index contributed by atoms with van der Waals surface area (Å²) in [4.78, 5) is 24.6. The van der Waals surface area contributed by atoms with Gasteiger partial charge in [-0.15, -0.1) is 0 Å². The number of nitrogens with zero attached hydrogens (tertiary/aromatic N) is 2. The molecular formula is C17H21N3O4S. The largest absolute Gasteiger partial charge is 0.321 e. The molecule has 25 heavy (non-hydrogen) atoms. The molecule has 1 aromatic carbocycles. The highest BCUT2D eigenvalue weighted by molar-refractivity contribution is 7.91. The lowest BCUT2D eigenvalue weighted by molar-refractivity contribution is -0.133. The van der Waals surface area contributed by atoms with Gasteiger partial charge in [-0.2, -0.15) is 5.10 Å². The highest BCUT2D eigenvalue weighted by Gasteiger charge is 2.37. The van der Waals surface area contributed by atoms with Gasteiger partial charge in [0.2, 0.25) is 5.91 Å². The quantitative estimate of drug-likeness (QED) is 0.878. The van der Waals surface area contributed by atoms with Crippen LogP contribution in [-0.4, -0.2) is 48.5 Å². The molecule has 1 fully saturated rings. The number of anilines is 1. The van der Waals surface area contributed by atoms with Crippen LogP contribution in [-0.2, 0) is 19.4 Å². The summed E-state index contributed by atoms with van der Waals surface area (Å²) in [6.45, 7) is 3.95. The third kappa shape index (κ3) is 3.89. The van der Waals surface area contributed by atoms with E-state index in [0.29, 0.717) is 12.1 Å². The number of hydrogen-bond acceptors (Lipinski definition) is 5. The molecule has 3 rings (SSSR count). The zero-order valence-electron chi connectivity index (χ0n) is 14.3. The average Bonchev–Trinajstić information content (AvgIpc) is 2.91. The molecule has 0 aliphatic carbocycles. The third-order valence-corrected chi connectivity index (χ3v) is 6.39. The molecule has 134 valence electrons. The standard InChI is InChI=1S/C17H21N3O4S/c1-11-3-4-13(9-12(11)2)18-17(22)15-5-6-16(21)20(19-15)14-7-8-25(23,24)10-14/h3-4,9,14H,5-8,10H2,1-2H3,(H,18,22)/t14-/m0/s1. The zero-order chi connectivity index (χ0) is 18.2. The van der Waals surface area contributed by atoms with Gasteiger partial charge in [-0.3, -0.25) is 9.59 Å². The number of rotatable bonds is 3. The van der Waals surface area contributed by atoms with Gasteiger partial charge in [-0.25, -0.2) is 13.4 Å². The van der Waals surface area contributed by atoms with Crippen molar-refractivity contribution in [2.75, 3.05) is 16.8 Å². The van der Waals surface area contributed by atoms with Crippen LogP contribution in [0.5, 0.6) is 0 Å². The Kier molecular flexibility index (Phi) is 4.64. The van der Waals surface area contributed by atoms with Crippen LogP contribution in [0.15, 0.2) is 23.3 Å². The number of benzene rings is 1. The van der Waals surface area contributed by atoms with Crippen molar-refractivity contribution >= 4 is 33.1 Å². The van der Waals surface area contributed by atoms with Crippen molar-refractivity contribution < 1.29 is 18.0 Å². The van der Waals surface area contributed by atoms with Crippen LogP contribution in [0.25, 0.3) is 0 Å². The normalized spacial score (nSPS) is 22.6. The van der Waals surface area contributed by atoms with Crippen molar-refractivity contribution in [2.45, 2.75) is 39.2 Å². The summed E-state index contributed by atoms with van der Waals surface area (Å²) < 4.78 is 23.3.